The van der Waals surface area contributed by atoms with Crippen molar-refractivity contribution in [3.63, 3.8) is 0 Å². The van der Waals surface area contributed by atoms with Crippen LogP contribution in [0.2, 0.25) is 0 Å². The third-order valence-corrected chi connectivity index (χ3v) is 7.01. The van der Waals surface area contributed by atoms with Crippen LogP contribution in [0.4, 0.5) is 5.82 Å². The van der Waals surface area contributed by atoms with Gasteiger partial charge in [-0.2, -0.15) is 10.4 Å². The molecule has 0 N–H and O–H groups in total. The predicted molar refractivity (Wildman–Crippen MR) is 135 cm³/mol. The number of methoxy groups -OCH3 is 1. The van der Waals surface area contributed by atoms with Crippen molar-refractivity contribution < 1.29 is 4.74 Å². The molecule has 1 fully saturated rings. The summed E-state index contributed by atoms with van der Waals surface area (Å²) in [6.07, 6.45) is 7.33. The lowest BCUT2D eigenvalue weighted by Crippen LogP contribution is -2.46. The van der Waals surface area contributed by atoms with E-state index >= 15 is 0 Å². The van der Waals surface area contributed by atoms with Gasteiger partial charge in [0.05, 0.1) is 30.6 Å². The monoisotopic (exact) mass is 470 g/mol. The fourth-order valence-electron chi connectivity index (χ4n) is 4.37. The molecule has 0 amide bonds. The summed E-state index contributed by atoms with van der Waals surface area (Å²) in [6.45, 7) is 4.88. The Hall–Kier alpha value is -3.54. The Morgan fingerprint density at radius 2 is 1.85 bits per heavy atom. The van der Waals surface area contributed by atoms with Crippen molar-refractivity contribution in [1.82, 2.24) is 19.5 Å². The van der Waals surface area contributed by atoms with E-state index in [1.807, 2.05) is 12.3 Å². The van der Waals surface area contributed by atoms with E-state index in [0.717, 1.165) is 55.2 Å². The average Bonchev–Trinajstić information content (AvgIpc) is 3.32. The maximum absolute atomic E-state index is 9.51. The third kappa shape index (κ3) is 4.45. The lowest BCUT2D eigenvalue weighted by atomic mass is 10.1. The predicted octanol–water partition coefficient (Wildman–Crippen LogP) is 4.32. The van der Waals surface area contributed by atoms with Crippen molar-refractivity contribution in [2.24, 2.45) is 0 Å². The van der Waals surface area contributed by atoms with E-state index in [1.54, 1.807) is 35.8 Å². The molecule has 4 aromatic rings. The van der Waals surface area contributed by atoms with Crippen molar-refractivity contribution in [3.05, 3.63) is 72.2 Å². The molecule has 1 aromatic carbocycles. The fourth-order valence-corrected chi connectivity index (χ4v) is 4.78. The van der Waals surface area contributed by atoms with Gasteiger partial charge in [-0.15, -0.1) is 11.8 Å². The molecule has 0 saturated carbocycles. The highest BCUT2D eigenvalue weighted by molar-refractivity contribution is 7.98. The average molecular weight is 471 g/mol. The molecule has 0 radical (unpaired) electrons. The van der Waals surface area contributed by atoms with E-state index in [1.165, 1.54) is 10.5 Å². The van der Waals surface area contributed by atoms with Gasteiger partial charge in [0.2, 0.25) is 0 Å². The van der Waals surface area contributed by atoms with Crippen molar-refractivity contribution in [2.45, 2.75) is 11.4 Å². The minimum Gasteiger partial charge on any atom is -0.495 e. The summed E-state index contributed by atoms with van der Waals surface area (Å²) < 4.78 is 7.12. The summed E-state index contributed by atoms with van der Waals surface area (Å²) in [5.74, 6) is 1.65. The number of thioether (sulfide) groups is 1. The van der Waals surface area contributed by atoms with Gasteiger partial charge in [0.1, 0.15) is 17.6 Å². The van der Waals surface area contributed by atoms with Gasteiger partial charge >= 0.3 is 0 Å². The fraction of sp³-hybridized carbons (Fsp3) is 0.269. The van der Waals surface area contributed by atoms with Crippen LogP contribution in [0, 0.1) is 11.3 Å². The summed E-state index contributed by atoms with van der Waals surface area (Å²) in [6, 6.07) is 17.1. The van der Waals surface area contributed by atoms with Crippen LogP contribution in [0.15, 0.2) is 66.0 Å². The van der Waals surface area contributed by atoms with Gasteiger partial charge in [-0.3, -0.25) is 4.90 Å². The van der Waals surface area contributed by atoms with Crippen LogP contribution in [0.25, 0.3) is 16.6 Å². The maximum atomic E-state index is 9.51. The van der Waals surface area contributed by atoms with Gasteiger partial charge < -0.3 is 9.64 Å². The molecule has 8 heteroatoms. The number of ether oxygens (including phenoxy) is 1. The van der Waals surface area contributed by atoms with E-state index in [4.69, 9.17) is 9.72 Å². The molecule has 0 aliphatic carbocycles. The summed E-state index contributed by atoms with van der Waals surface area (Å²) in [5.41, 5.74) is 4.45. The zero-order valence-electron chi connectivity index (χ0n) is 19.3. The topological polar surface area (TPSA) is 69.7 Å². The highest BCUT2D eigenvalue weighted by Gasteiger charge is 2.19. The highest BCUT2D eigenvalue weighted by Crippen LogP contribution is 2.31. The Labute approximate surface area is 203 Å². The van der Waals surface area contributed by atoms with Crippen LogP contribution in [0.5, 0.6) is 5.75 Å². The number of aromatic nitrogens is 3. The molecule has 1 aliphatic heterocycles. The van der Waals surface area contributed by atoms with E-state index in [9.17, 15) is 5.26 Å². The molecule has 34 heavy (non-hydrogen) atoms. The van der Waals surface area contributed by atoms with Crippen LogP contribution in [-0.4, -0.2) is 59.0 Å². The first-order valence-corrected chi connectivity index (χ1v) is 12.4. The highest BCUT2D eigenvalue weighted by atomic mass is 32.2. The Kier molecular flexibility index (Phi) is 6.39. The zero-order valence-corrected chi connectivity index (χ0v) is 20.1. The van der Waals surface area contributed by atoms with Gasteiger partial charge in [-0.05, 0) is 42.2 Å². The SMILES string of the molecule is COc1cc(-c2ccc(N3CCN(Cc4ccc(SC)cc4)CC3)nc2)c2c(C#N)cnn2c1. The minimum absolute atomic E-state index is 0.529. The van der Waals surface area contributed by atoms with E-state index < -0.39 is 0 Å². The summed E-state index contributed by atoms with van der Waals surface area (Å²) >= 11 is 1.77. The molecule has 3 aromatic heterocycles. The molecule has 0 spiro atoms. The summed E-state index contributed by atoms with van der Waals surface area (Å²) in [7, 11) is 1.62. The molecular formula is C26H26N6OS. The lowest BCUT2D eigenvalue weighted by Gasteiger charge is -2.35. The Morgan fingerprint density at radius 3 is 2.50 bits per heavy atom. The first-order chi connectivity index (χ1) is 16.7. The van der Waals surface area contributed by atoms with Crippen LogP contribution in [0.3, 0.4) is 0 Å². The molecule has 7 nitrogen and oxygen atoms in total. The molecule has 5 rings (SSSR count). The van der Waals surface area contributed by atoms with Gasteiger partial charge in [0, 0.05) is 54.9 Å². The van der Waals surface area contributed by atoms with Gasteiger partial charge in [-0.25, -0.2) is 9.50 Å². The molecule has 1 aliphatic rings. The van der Waals surface area contributed by atoms with Crippen LogP contribution >= 0.6 is 11.8 Å². The van der Waals surface area contributed by atoms with E-state index in [0.29, 0.717) is 11.3 Å². The van der Waals surface area contributed by atoms with Gasteiger partial charge in [-0.1, -0.05) is 12.1 Å². The van der Waals surface area contributed by atoms with Crippen LogP contribution in [0.1, 0.15) is 11.1 Å². The summed E-state index contributed by atoms with van der Waals surface area (Å²) in [4.78, 5) is 10.9. The van der Waals surface area contributed by atoms with E-state index in [2.05, 4.69) is 63.6 Å². The third-order valence-electron chi connectivity index (χ3n) is 6.26. The Morgan fingerprint density at radius 1 is 1.06 bits per heavy atom. The number of piperazine rings is 1. The van der Waals surface area contributed by atoms with Crippen LogP contribution in [-0.2, 0) is 6.54 Å². The van der Waals surface area contributed by atoms with Crippen molar-refractivity contribution in [1.29, 1.82) is 5.26 Å². The second-order valence-corrected chi connectivity index (χ2v) is 9.15. The molecule has 0 bridgehead atoms. The number of pyridine rings is 2. The zero-order chi connectivity index (χ0) is 23.5. The Bertz CT molecular complexity index is 1320. The second-order valence-electron chi connectivity index (χ2n) is 8.27. The molecule has 0 atom stereocenters. The maximum Gasteiger partial charge on any atom is 0.137 e. The molecule has 4 heterocycles. The first-order valence-electron chi connectivity index (χ1n) is 11.2. The first kappa shape index (κ1) is 22.3. The van der Waals surface area contributed by atoms with Crippen LogP contribution < -0.4 is 9.64 Å². The number of anilines is 1. The van der Waals surface area contributed by atoms with Gasteiger partial charge in [0.15, 0.2) is 0 Å². The quantitative estimate of drug-likeness (QED) is 0.389. The minimum atomic E-state index is 0.529. The lowest BCUT2D eigenvalue weighted by molar-refractivity contribution is 0.249. The van der Waals surface area contributed by atoms with Crippen molar-refractivity contribution in [2.75, 3.05) is 44.4 Å². The number of nitriles is 1. The molecule has 1 saturated heterocycles. The van der Waals surface area contributed by atoms with Crippen molar-refractivity contribution in [3.8, 4) is 22.9 Å². The number of fused-ring (bicyclic) bond motifs is 1. The van der Waals surface area contributed by atoms with Gasteiger partial charge in [0.25, 0.3) is 0 Å². The number of nitrogens with zero attached hydrogens (tertiary/aromatic N) is 6. The van der Waals surface area contributed by atoms with Crippen molar-refractivity contribution >= 4 is 23.1 Å². The normalized spacial score (nSPS) is 14.3. The van der Waals surface area contributed by atoms with E-state index in [-0.39, 0.29) is 0 Å². The molecule has 0 unspecified atom stereocenters. The standard InChI is InChI=1S/C26H26N6OS/c1-33-22-13-24(26-21(14-27)16-29-32(26)18-22)20-5-8-25(28-15-20)31-11-9-30(10-12-31)17-19-3-6-23(34-2)7-4-19/h3-8,13,15-16,18H,9-12,17H2,1-2H3. The number of hydrogen-bond donors (Lipinski definition) is 0. The summed E-state index contributed by atoms with van der Waals surface area (Å²) in [5, 5.41) is 13.8. The number of hydrogen-bond acceptors (Lipinski definition) is 7. The number of rotatable bonds is 6. The molecular weight excluding hydrogens is 444 g/mol. The molecule has 172 valence electrons. The smallest absolute Gasteiger partial charge is 0.137 e. The Balaban J connectivity index is 1.29. The largest absolute Gasteiger partial charge is 0.495 e. The second kappa shape index (κ2) is 9.75. The number of benzene rings is 1.